The molecular weight excluding hydrogens is 362 g/mol. The molecule has 7 heteroatoms. The van der Waals surface area contributed by atoms with Crippen LogP contribution in [-0.4, -0.2) is 38.3 Å². The Labute approximate surface area is 170 Å². The summed E-state index contributed by atoms with van der Waals surface area (Å²) in [5.74, 6) is 0.840. The summed E-state index contributed by atoms with van der Waals surface area (Å²) < 4.78 is 1.98. The van der Waals surface area contributed by atoms with Crippen molar-refractivity contribution >= 4 is 17.5 Å². The molecule has 3 aromatic rings. The van der Waals surface area contributed by atoms with Crippen LogP contribution in [0.25, 0.3) is 11.3 Å². The molecule has 7 nitrogen and oxygen atoms in total. The molecule has 2 heterocycles. The van der Waals surface area contributed by atoms with Crippen molar-refractivity contribution in [1.82, 2.24) is 19.7 Å². The van der Waals surface area contributed by atoms with Crippen LogP contribution in [0.5, 0.6) is 0 Å². The Morgan fingerprint density at radius 3 is 2.76 bits per heavy atom. The minimum absolute atomic E-state index is 0.382. The summed E-state index contributed by atoms with van der Waals surface area (Å²) in [4.78, 5) is 17.7. The molecule has 0 unspecified atom stereocenters. The third-order valence-corrected chi connectivity index (χ3v) is 5.23. The molecule has 0 atom stereocenters. The molecule has 0 saturated heterocycles. The Balaban J connectivity index is 1.74. The Morgan fingerprint density at radius 2 is 2.00 bits per heavy atom. The summed E-state index contributed by atoms with van der Waals surface area (Å²) in [7, 11) is 3.75. The highest BCUT2D eigenvalue weighted by Gasteiger charge is 2.26. The van der Waals surface area contributed by atoms with Gasteiger partial charge in [0.2, 0.25) is 0 Å². The van der Waals surface area contributed by atoms with Crippen molar-refractivity contribution in [2.24, 2.45) is 22.8 Å². The zero-order valence-electron chi connectivity index (χ0n) is 17.1. The normalized spacial score (nSPS) is 13.9. The number of aliphatic imine (C=N–C) groups is 2. The average molecular weight is 387 g/mol. The SMILES string of the molecule is CN=C(C)CC(N)=Nc1ncc2c(n1)-c1c(nn(C)c1Cc1ccccc1)CC2. The van der Waals surface area contributed by atoms with Crippen LogP contribution in [0.3, 0.4) is 0 Å². The maximum absolute atomic E-state index is 6.06. The minimum atomic E-state index is 0.382. The Kier molecular flexibility index (Phi) is 5.20. The van der Waals surface area contributed by atoms with Crippen molar-refractivity contribution in [2.45, 2.75) is 32.6 Å². The van der Waals surface area contributed by atoms with E-state index in [4.69, 9.17) is 15.8 Å². The maximum Gasteiger partial charge on any atom is 0.251 e. The first-order valence-electron chi connectivity index (χ1n) is 9.75. The second-order valence-electron chi connectivity index (χ2n) is 7.34. The van der Waals surface area contributed by atoms with E-state index in [1.807, 2.05) is 30.9 Å². The first-order chi connectivity index (χ1) is 14.0. The second-order valence-corrected chi connectivity index (χ2v) is 7.34. The third kappa shape index (κ3) is 3.94. The van der Waals surface area contributed by atoms with E-state index in [0.29, 0.717) is 18.2 Å². The molecule has 0 amide bonds. The summed E-state index contributed by atoms with van der Waals surface area (Å²) in [6.07, 6.45) is 4.96. The number of rotatable bonds is 5. The van der Waals surface area contributed by atoms with Crippen molar-refractivity contribution in [3.05, 3.63) is 59.0 Å². The quantitative estimate of drug-likeness (QED) is 0.538. The van der Waals surface area contributed by atoms with Gasteiger partial charge in [0, 0.05) is 44.4 Å². The minimum Gasteiger partial charge on any atom is -0.387 e. The van der Waals surface area contributed by atoms with Gasteiger partial charge in [-0.3, -0.25) is 9.67 Å². The molecule has 0 saturated carbocycles. The van der Waals surface area contributed by atoms with Gasteiger partial charge in [-0.2, -0.15) is 10.1 Å². The molecular formula is C22H25N7. The lowest BCUT2D eigenvalue weighted by Gasteiger charge is -2.16. The summed E-state index contributed by atoms with van der Waals surface area (Å²) in [6.45, 7) is 1.92. The monoisotopic (exact) mass is 387 g/mol. The third-order valence-electron chi connectivity index (χ3n) is 5.23. The number of nitrogens with two attached hydrogens (primary N) is 1. The number of aromatic nitrogens is 4. The number of hydrogen-bond acceptors (Lipinski definition) is 5. The first kappa shape index (κ1) is 19.0. The van der Waals surface area contributed by atoms with Crippen LogP contribution in [0.2, 0.25) is 0 Å². The maximum atomic E-state index is 6.06. The number of hydrogen-bond donors (Lipinski definition) is 1. The van der Waals surface area contributed by atoms with Gasteiger partial charge >= 0.3 is 0 Å². The molecule has 0 fully saturated rings. The van der Waals surface area contributed by atoms with E-state index in [9.17, 15) is 0 Å². The molecule has 1 aromatic carbocycles. The molecule has 4 rings (SSSR count). The van der Waals surface area contributed by atoms with Gasteiger partial charge in [-0.05, 0) is 30.9 Å². The van der Waals surface area contributed by atoms with Gasteiger partial charge in [-0.25, -0.2) is 9.97 Å². The van der Waals surface area contributed by atoms with Crippen molar-refractivity contribution in [3.8, 4) is 11.3 Å². The Bertz CT molecular complexity index is 1090. The molecule has 29 heavy (non-hydrogen) atoms. The van der Waals surface area contributed by atoms with E-state index in [-0.39, 0.29) is 0 Å². The summed E-state index contributed by atoms with van der Waals surface area (Å²) >= 11 is 0. The average Bonchev–Trinajstić information content (AvgIpc) is 3.04. The Morgan fingerprint density at radius 1 is 1.21 bits per heavy atom. The fourth-order valence-corrected chi connectivity index (χ4v) is 3.67. The van der Waals surface area contributed by atoms with Crippen molar-refractivity contribution in [1.29, 1.82) is 0 Å². The molecule has 0 bridgehead atoms. The lowest BCUT2D eigenvalue weighted by molar-refractivity contribution is 0.705. The van der Waals surface area contributed by atoms with Gasteiger partial charge in [-0.15, -0.1) is 0 Å². The van der Waals surface area contributed by atoms with E-state index >= 15 is 0 Å². The summed E-state index contributed by atoms with van der Waals surface area (Å²) in [5.41, 5.74) is 13.6. The lowest BCUT2D eigenvalue weighted by atomic mass is 9.91. The van der Waals surface area contributed by atoms with Crippen molar-refractivity contribution in [2.75, 3.05) is 7.05 Å². The van der Waals surface area contributed by atoms with E-state index in [1.165, 1.54) is 5.56 Å². The number of aryl methyl sites for hydroxylation is 3. The van der Waals surface area contributed by atoms with Crippen LogP contribution in [0.4, 0.5) is 5.95 Å². The smallest absolute Gasteiger partial charge is 0.251 e. The van der Waals surface area contributed by atoms with E-state index in [1.54, 1.807) is 7.05 Å². The molecule has 2 aromatic heterocycles. The number of benzene rings is 1. The van der Waals surface area contributed by atoms with Gasteiger partial charge in [0.15, 0.2) is 0 Å². The topological polar surface area (TPSA) is 94.3 Å². The molecule has 0 radical (unpaired) electrons. The molecule has 1 aliphatic carbocycles. The van der Waals surface area contributed by atoms with E-state index < -0.39 is 0 Å². The molecule has 1 aliphatic rings. The number of amidine groups is 1. The molecule has 0 spiro atoms. The number of fused-ring (bicyclic) bond motifs is 3. The van der Waals surface area contributed by atoms with Gasteiger partial charge in [0.05, 0.1) is 17.1 Å². The Hall–Kier alpha value is -3.35. The van der Waals surface area contributed by atoms with Crippen LogP contribution in [0, 0.1) is 0 Å². The fraction of sp³-hybridized carbons (Fsp3) is 0.318. The summed E-state index contributed by atoms with van der Waals surface area (Å²) in [6, 6.07) is 10.4. The van der Waals surface area contributed by atoms with Crippen LogP contribution in [0.15, 0.2) is 46.5 Å². The molecule has 2 N–H and O–H groups in total. The van der Waals surface area contributed by atoms with Gasteiger partial charge < -0.3 is 5.73 Å². The van der Waals surface area contributed by atoms with Crippen LogP contribution in [0.1, 0.15) is 35.9 Å². The van der Waals surface area contributed by atoms with E-state index in [2.05, 4.69) is 39.2 Å². The fourth-order valence-electron chi connectivity index (χ4n) is 3.67. The highest BCUT2D eigenvalue weighted by molar-refractivity contribution is 6.02. The van der Waals surface area contributed by atoms with Crippen LogP contribution >= 0.6 is 0 Å². The van der Waals surface area contributed by atoms with Crippen LogP contribution < -0.4 is 5.73 Å². The van der Waals surface area contributed by atoms with Crippen LogP contribution in [-0.2, 0) is 26.3 Å². The number of nitrogens with zero attached hydrogens (tertiary/aromatic N) is 6. The summed E-state index contributed by atoms with van der Waals surface area (Å²) in [5, 5.41) is 4.77. The molecule has 0 aliphatic heterocycles. The molecule has 148 valence electrons. The zero-order valence-corrected chi connectivity index (χ0v) is 17.1. The predicted octanol–water partition coefficient (Wildman–Crippen LogP) is 3.04. The largest absolute Gasteiger partial charge is 0.387 e. The van der Waals surface area contributed by atoms with E-state index in [0.717, 1.165) is 53.2 Å². The lowest BCUT2D eigenvalue weighted by Crippen LogP contribution is -2.15. The highest BCUT2D eigenvalue weighted by Crippen LogP contribution is 2.35. The second kappa shape index (κ2) is 7.95. The first-order valence-corrected chi connectivity index (χ1v) is 9.75. The predicted molar refractivity (Wildman–Crippen MR) is 116 cm³/mol. The van der Waals surface area contributed by atoms with Gasteiger partial charge in [0.1, 0.15) is 5.84 Å². The van der Waals surface area contributed by atoms with Gasteiger partial charge in [0.25, 0.3) is 5.95 Å². The van der Waals surface area contributed by atoms with Crippen molar-refractivity contribution < 1.29 is 0 Å². The highest BCUT2D eigenvalue weighted by atomic mass is 15.3. The van der Waals surface area contributed by atoms with Gasteiger partial charge in [-0.1, -0.05) is 30.3 Å². The standard InChI is InChI=1S/C22H25N7/c1-14(24-2)11-19(23)26-22-25-13-16-9-10-17-20(21(16)27-22)18(29(3)28-17)12-15-7-5-4-6-8-15/h4-8,13H,9-12H2,1-3H3,(H2,23,25,26,27). The zero-order chi connectivity index (χ0) is 20.4. The van der Waals surface area contributed by atoms with Crippen molar-refractivity contribution in [3.63, 3.8) is 0 Å².